The Bertz CT molecular complexity index is 576. The zero-order valence-electron chi connectivity index (χ0n) is 11.9. The van der Waals surface area contributed by atoms with E-state index in [2.05, 4.69) is 15.3 Å². The standard InChI is InChI=1S/C15H18N4O/c1-11-4-5-12(8-16-11)9-17-14-7-6-13(10-18-14)15(20)19(2)3/h4-8,10H,9H2,1-3H3,(H,17,18). The third-order valence-electron chi connectivity index (χ3n) is 2.86. The molecule has 1 amide bonds. The fourth-order valence-corrected chi connectivity index (χ4v) is 1.68. The van der Waals surface area contributed by atoms with Gasteiger partial charge in [0, 0.05) is 38.7 Å². The van der Waals surface area contributed by atoms with E-state index in [1.807, 2.05) is 25.3 Å². The molecule has 20 heavy (non-hydrogen) atoms. The molecule has 0 spiro atoms. The van der Waals surface area contributed by atoms with Crippen LogP contribution in [-0.2, 0) is 6.54 Å². The number of hydrogen-bond donors (Lipinski definition) is 1. The maximum atomic E-state index is 11.7. The molecule has 5 nitrogen and oxygen atoms in total. The van der Waals surface area contributed by atoms with Crippen LogP contribution in [0.5, 0.6) is 0 Å². The van der Waals surface area contributed by atoms with Crippen LogP contribution in [0.3, 0.4) is 0 Å². The second kappa shape index (κ2) is 6.14. The van der Waals surface area contributed by atoms with Crippen molar-refractivity contribution in [2.75, 3.05) is 19.4 Å². The minimum Gasteiger partial charge on any atom is -0.366 e. The van der Waals surface area contributed by atoms with Crippen LogP contribution < -0.4 is 5.32 Å². The van der Waals surface area contributed by atoms with E-state index >= 15 is 0 Å². The van der Waals surface area contributed by atoms with Gasteiger partial charge < -0.3 is 10.2 Å². The van der Waals surface area contributed by atoms with E-state index in [4.69, 9.17) is 0 Å². The Morgan fingerprint density at radius 1 is 1.15 bits per heavy atom. The number of nitrogens with zero attached hydrogens (tertiary/aromatic N) is 3. The first-order valence-electron chi connectivity index (χ1n) is 6.39. The smallest absolute Gasteiger partial charge is 0.254 e. The molecule has 0 atom stereocenters. The zero-order valence-corrected chi connectivity index (χ0v) is 11.9. The van der Waals surface area contributed by atoms with Crippen molar-refractivity contribution in [3.05, 3.63) is 53.5 Å². The minimum atomic E-state index is -0.0493. The normalized spacial score (nSPS) is 10.2. The highest BCUT2D eigenvalue weighted by molar-refractivity contribution is 5.93. The number of pyridine rings is 2. The molecule has 2 rings (SSSR count). The van der Waals surface area contributed by atoms with Gasteiger partial charge in [-0.25, -0.2) is 4.98 Å². The zero-order chi connectivity index (χ0) is 14.5. The quantitative estimate of drug-likeness (QED) is 0.924. The molecule has 0 saturated heterocycles. The summed E-state index contributed by atoms with van der Waals surface area (Å²) in [5.41, 5.74) is 2.67. The first-order chi connectivity index (χ1) is 9.56. The van der Waals surface area contributed by atoms with E-state index in [0.29, 0.717) is 12.1 Å². The van der Waals surface area contributed by atoms with Gasteiger partial charge in [-0.15, -0.1) is 0 Å². The van der Waals surface area contributed by atoms with Crippen LogP contribution in [0.1, 0.15) is 21.6 Å². The lowest BCUT2D eigenvalue weighted by Gasteiger charge is -2.10. The van der Waals surface area contributed by atoms with Crippen LogP contribution in [0.4, 0.5) is 5.82 Å². The summed E-state index contributed by atoms with van der Waals surface area (Å²) in [6.45, 7) is 2.61. The number of hydrogen-bond acceptors (Lipinski definition) is 4. The molecule has 0 bridgehead atoms. The van der Waals surface area contributed by atoms with Crippen molar-refractivity contribution < 1.29 is 4.79 Å². The molecule has 0 aliphatic rings. The van der Waals surface area contributed by atoms with Crippen LogP contribution in [0, 0.1) is 6.92 Å². The van der Waals surface area contributed by atoms with Gasteiger partial charge in [-0.3, -0.25) is 9.78 Å². The fourth-order valence-electron chi connectivity index (χ4n) is 1.68. The molecular formula is C15H18N4O. The summed E-state index contributed by atoms with van der Waals surface area (Å²) < 4.78 is 0. The van der Waals surface area contributed by atoms with Gasteiger partial charge in [0.1, 0.15) is 5.82 Å². The molecule has 5 heteroatoms. The molecule has 0 radical (unpaired) electrons. The summed E-state index contributed by atoms with van der Waals surface area (Å²) in [6.07, 6.45) is 3.42. The number of rotatable bonds is 4. The fraction of sp³-hybridized carbons (Fsp3) is 0.267. The second-order valence-corrected chi connectivity index (χ2v) is 4.79. The number of nitrogens with one attached hydrogen (secondary N) is 1. The van der Waals surface area contributed by atoms with Gasteiger partial charge in [0.25, 0.3) is 5.91 Å². The molecule has 104 valence electrons. The molecule has 0 unspecified atom stereocenters. The Hall–Kier alpha value is -2.43. The topological polar surface area (TPSA) is 58.1 Å². The van der Waals surface area contributed by atoms with Crippen molar-refractivity contribution in [3.63, 3.8) is 0 Å². The van der Waals surface area contributed by atoms with E-state index < -0.39 is 0 Å². The number of carbonyl (C=O) groups excluding carboxylic acids is 1. The van der Waals surface area contributed by atoms with Crippen LogP contribution in [-0.4, -0.2) is 34.9 Å². The Morgan fingerprint density at radius 3 is 2.50 bits per heavy atom. The van der Waals surface area contributed by atoms with Crippen molar-refractivity contribution in [2.45, 2.75) is 13.5 Å². The van der Waals surface area contributed by atoms with Gasteiger partial charge in [0.2, 0.25) is 0 Å². The summed E-state index contributed by atoms with van der Waals surface area (Å²) in [6, 6.07) is 7.58. The summed E-state index contributed by atoms with van der Waals surface area (Å²) in [4.78, 5) is 21.7. The monoisotopic (exact) mass is 270 g/mol. The highest BCUT2D eigenvalue weighted by atomic mass is 16.2. The van der Waals surface area contributed by atoms with Gasteiger partial charge in [0.05, 0.1) is 5.56 Å². The highest BCUT2D eigenvalue weighted by Crippen LogP contribution is 2.08. The molecule has 0 fully saturated rings. The summed E-state index contributed by atoms with van der Waals surface area (Å²) in [5.74, 6) is 0.688. The van der Waals surface area contributed by atoms with E-state index in [-0.39, 0.29) is 5.91 Å². The average molecular weight is 270 g/mol. The number of aryl methyl sites for hydroxylation is 1. The Morgan fingerprint density at radius 2 is 1.95 bits per heavy atom. The van der Waals surface area contributed by atoms with Crippen LogP contribution in [0.25, 0.3) is 0 Å². The minimum absolute atomic E-state index is 0.0493. The predicted octanol–water partition coefficient (Wildman–Crippen LogP) is 2.10. The van der Waals surface area contributed by atoms with Gasteiger partial charge in [-0.05, 0) is 30.7 Å². The molecule has 0 aromatic carbocycles. The van der Waals surface area contributed by atoms with E-state index in [9.17, 15) is 4.79 Å². The molecule has 0 saturated carbocycles. The van der Waals surface area contributed by atoms with E-state index in [1.165, 1.54) is 4.90 Å². The molecule has 1 N–H and O–H groups in total. The second-order valence-electron chi connectivity index (χ2n) is 4.79. The molecule has 2 aromatic heterocycles. The Kier molecular flexibility index (Phi) is 4.30. The predicted molar refractivity (Wildman–Crippen MR) is 78.6 cm³/mol. The Labute approximate surface area is 118 Å². The maximum absolute atomic E-state index is 11.7. The molecule has 2 aromatic rings. The van der Waals surface area contributed by atoms with Crippen molar-refractivity contribution in [2.24, 2.45) is 0 Å². The van der Waals surface area contributed by atoms with Crippen molar-refractivity contribution in [1.82, 2.24) is 14.9 Å². The summed E-state index contributed by atoms with van der Waals surface area (Å²) >= 11 is 0. The van der Waals surface area contributed by atoms with Crippen LogP contribution >= 0.6 is 0 Å². The van der Waals surface area contributed by atoms with E-state index in [0.717, 1.165) is 17.1 Å². The lowest BCUT2D eigenvalue weighted by Crippen LogP contribution is -2.21. The number of amides is 1. The number of anilines is 1. The average Bonchev–Trinajstić information content (AvgIpc) is 2.46. The van der Waals surface area contributed by atoms with Crippen LogP contribution in [0.2, 0.25) is 0 Å². The van der Waals surface area contributed by atoms with Gasteiger partial charge in [-0.1, -0.05) is 6.07 Å². The van der Waals surface area contributed by atoms with E-state index in [1.54, 1.807) is 32.4 Å². The lowest BCUT2D eigenvalue weighted by molar-refractivity contribution is 0.0827. The Balaban J connectivity index is 1.97. The summed E-state index contributed by atoms with van der Waals surface area (Å²) in [7, 11) is 3.44. The first-order valence-corrected chi connectivity index (χ1v) is 6.39. The van der Waals surface area contributed by atoms with Crippen molar-refractivity contribution in [1.29, 1.82) is 0 Å². The highest BCUT2D eigenvalue weighted by Gasteiger charge is 2.07. The molecular weight excluding hydrogens is 252 g/mol. The summed E-state index contributed by atoms with van der Waals surface area (Å²) in [5, 5.41) is 3.20. The van der Waals surface area contributed by atoms with Crippen molar-refractivity contribution >= 4 is 11.7 Å². The molecule has 2 heterocycles. The van der Waals surface area contributed by atoms with Crippen LogP contribution in [0.15, 0.2) is 36.7 Å². The third kappa shape index (κ3) is 3.54. The lowest BCUT2D eigenvalue weighted by atomic mass is 10.2. The molecule has 0 aliphatic heterocycles. The third-order valence-corrected chi connectivity index (χ3v) is 2.86. The van der Waals surface area contributed by atoms with Gasteiger partial charge >= 0.3 is 0 Å². The first kappa shape index (κ1) is 14.0. The largest absolute Gasteiger partial charge is 0.366 e. The van der Waals surface area contributed by atoms with Gasteiger partial charge in [0.15, 0.2) is 0 Å². The SMILES string of the molecule is Cc1ccc(CNc2ccc(C(=O)N(C)C)cn2)cn1. The maximum Gasteiger partial charge on any atom is 0.254 e. The van der Waals surface area contributed by atoms with Crippen molar-refractivity contribution in [3.8, 4) is 0 Å². The number of aromatic nitrogens is 2. The van der Waals surface area contributed by atoms with Gasteiger partial charge in [-0.2, -0.15) is 0 Å². The number of carbonyl (C=O) groups is 1. The molecule has 0 aliphatic carbocycles.